The van der Waals surface area contributed by atoms with Gasteiger partial charge in [-0.05, 0) is 37.1 Å². The average Bonchev–Trinajstić information content (AvgIpc) is 3.28. The van der Waals surface area contributed by atoms with Crippen LogP contribution in [-0.2, 0) is 11.0 Å². The summed E-state index contributed by atoms with van der Waals surface area (Å²) in [6.07, 6.45) is -2.60. The van der Waals surface area contributed by atoms with E-state index < -0.39 is 17.6 Å². The number of anilines is 1. The lowest BCUT2D eigenvalue weighted by Crippen LogP contribution is -2.18. The van der Waals surface area contributed by atoms with Gasteiger partial charge in [0.15, 0.2) is 5.16 Å². The Hall–Kier alpha value is -2.23. The van der Waals surface area contributed by atoms with Gasteiger partial charge >= 0.3 is 11.9 Å². The second-order valence-electron chi connectivity index (χ2n) is 5.32. The number of nitrogens with zero attached hydrogens (tertiary/aromatic N) is 2. The largest absolute Gasteiger partial charge is 0.416 e. The predicted molar refractivity (Wildman–Crippen MR) is 81.9 cm³/mol. The van der Waals surface area contributed by atoms with Crippen LogP contribution in [0.4, 0.5) is 18.9 Å². The molecule has 2 N–H and O–H groups in total. The van der Waals surface area contributed by atoms with Crippen LogP contribution >= 0.6 is 11.8 Å². The molecule has 6 nitrogen and oxygen atoms in total. The summed E-state index contributed by atoms with van der Waals surface area (Å²) in [6, 6.07) is 4.33. The predicted octanol–water partition coefficient (Wildman–Crippen LogP) is 2.66. The van der Waals surface area contributed by atoms with E-state index in [9.17, 15) is 22.8 Å². The van der Waals surface area contributed by atoms with E-state index in [1.807, 2.05) is 0 Å². The monoisotopic (exact) mass is 358 g/mol. The van der Waals surface area contributed by atoms with Gasteiger partial charge in [0.1, 0.15) is 0 Å². The third kappa shape index (κ3) is 3.81. The van der Waals surface area contributed by atoms with Gasteiger partial charge in [-0.25, -0.2) is 9.89 Å². The molecule has 1 aromatic heterocycles. The zero-order valence-electron chi connectivity index (χ0n) is 12.3. The lowest BCUT2D eigenvalue weighted by atomic mass is 10.2. The normalized spacial score (nSPS) is 14.6. The Morgan fingerprint density at radius 3 is 2.58 bits per heavy atom. The Morgan fingerprint density at radius 1 is 1.33 bits per heavy atom. The first-order valence-electron chi connectivity index (χ1n) is 7.11. The maximum Gasteiger partial charge on any atom is 0.416 e. The first-order chi connectivity index (χ1) is 11.3. The molecule has 3 rings (SSSR count). The standard InChI is InChI=1S/C14H13F3N4O2S/c15-14(16,17)8-1-3-9(4-2-8)18-11(22)7-24-13-20-19-12(23)21(13)10-5-6-10/h1-4,10H,5-7H2,(H,18,22)(H,19,23). The zero-order chi connectivity index (χ0) is 17.3. The van der Waals surface area contributed by atoms with E-state index >= 15 is 0 Å². The van der Waals surface area contributed by atoms with Crippen molar-refractivity contribution in [3.8, 4) is 0 Å². The lowest BCUT2D eigenvalue weighted by molar-refractivity contribution is -0.137. The Balaban J connectivity index is 1.57. The highest BCUT2D eigenvalue weighted by Gasteiger charge is 2.30. The molecule has 128 valence electrons. The number of aromatic amines is 1. The lowest BCUT2D eigenvalue weighted by Gasteiger charge is -2.08. The second kappa shape index (κ2) is 6.34. The van der Waals surface area contributed by atoms with Gasteiger partial charge in [-0.15, -0.1) is 5.10 Å². The summed E-state index contributed by atoms with van der Waals surface area (Å²) < 4.78 is 38.9. The average molecular weight is 358 g/mol. The van der Waals surface area contributed by atoms with E-state index in [4.69, 9.17) is 0 Å². The number of hydrogen-bond donors (Lipinski definition) is 2. The highest BCUT2D eigenvalue weighted by Crippen LogP contribution is 2.36. The number of carbonyl (C=O) groups excluding carboxylic acids is 1. The summed E-state index contributed by atoms with van der Waals surface area (Å²) in [6.45, 7) is 0. The van der Waals surface area contributed by atoms with Crippen molar-refractivity contribution in [2.45, 2.75) is 30.2 Å². The van der Waals surface area contributed by atoms with Gasteiger partial charge in [0, 0.05) is 11.7 Å². The molecule has 1 fully saturated rings. The Bertz CT molecular complexity index is 794. The fourth-order valence-corrected chi connectivity index (χ4v) is 2.93. The Morgan fingerprint density at radius 2 is 2.00 bits per heavy atom. The topological polar surface area (TPSA) is 79.8 Å². The minimum absolute atomic E-state index is 0.00195. The van der Waals surface area contributed by atoms with E-state index in [1.165, 1.54) is 16.7 Å². The maximum absolute atomic E-state index is 12.5. The first kappa shape index (κ1) is 16.6. The van der Waals surface area contributed by atoms with Crippen LogP contribution in [0.1, 0.15) is 24.4 Å². The van der Waals surface area contributed by atoms with Crippen LogP contribution in [0.15, 0.2) is 34.2 Å². The first-order valence-corrected chi connectivity index (χ1v) is 8.10. The van der Waals surface area contributed by atoms with Crippen molar-refractivity contribution in [3.05, 3.63) is 40.3 Å². The number of carbonyl (C=O) groups is 1. The number of aromatic nitrogens is 3. The van der Waals surface area contributed by atoms with Crippen LogP contribution < -0.4 is 11.0 Å². The number of nitrogens with one attached hydrogen (secondary N) is 2. The SMILES string of the molecule is O=C(CSc1n[nH]c(=O)n1C1CC1)Nc1ccc(C(F)(F)F)cc1. The summed E-state index contributed by atoms with van der Waals surface area (Å²) in [5.74, 6) is -0.393. The van der Waals surface area contributed by atoms with E-state index in [0.29, 0.717) is 5.16 Å². The molecule has 0 saturated heterocycles. The van der Waals surface area contributed by atoms with Crippen LogP contribution in [0, 0.1) is 0 Å². The number of amides is 1. The number of halogens is 3. The van der Waals surface area contributed by atoms with Crippen molar-refractivity contribution < 1.29 is 18.0 Å². The molecule has 1 amide bonds. The molecule has 1 saturated carbocycles. The van der Waals surface area contributed by atoms with Crippen LogP contribution in [0.5, 0.6) is 0 Å². The van der Waals surface area contributed by atoms with Crippen molar-refractivity contribution in [2.75, 3.05) is 11.1 Å². The molecule has 1 aromatic carbocycles. The molecular formula is C14H13F3N4O2S. The van der Waals surface area contributed by atoms with Gasteiger partial charge in [-0.1, -0.05) is 11.8 Å². The molecule has 24 heavy (non-hydrogen) atoms. The number of alkyl halides is 3. The smallest absolute Gasteiger partial charge is 0.325 e. The van der Waals surface area contributed by atoms with Gasteiger partial charge in [0.2, 0.25) is 5.91 Å². The van der Waals surface area contributed by atoms with Crippen LogP contribution in [0.2, 0.25) is 0 Å². The third-order valence-electron chi connectivity index (χ3n) is 3.41. The molecule has 0 bridgehead atoms. The highest BCUT2D eigenvalue weighted by molar-refractivity contribution is 7.99. The summed E-state index contributed by atoms with van der Waals surface area (Å²) in [5, 5.41) is 9.17. The van der Waals surface area contributed by atoms with Crippen molar-refractivity contribution in [3.63, 3.8) is 0 Å². The number of H-pyrrole nitrogens is 1. The van der Waals surface area contributed by atoms with Crippen molar-refractivity contribution >= 4 is 23.4 Å². The van der Waals surface area contributed by atoms with Gasteiger partial charge in [-0.3, -0.25) is 9.36 Å². The number of hydrogen-bond acceptors (Lipinski definition) is 4. The van der Waals surface area contributed by atoms with Crippen molar-refractivity contribution in [1.82, 2.24) is 14.8 Å². The highest BCUT2D eigenvalue weighted by atomic mass is 32.2. The molecule has 0 spiro atoms. The number of benzene rings is 1. The fraction of sp³-hybridized carbons (Fsp3) is 0.357. The Kier molecular flexibility index (Phi) is 4.39. The number of rotatable bonds is 5. The summed E-state index contributed by atoms with van der Waals surface area (Å²) in [5.41, 5.74) is -0.807. The van der Waals surface area contributed by atoms with Gasteiger partial charge in [-0.2, -0.15) is 13.2 Å². The summed E-state index contributed by atoms with van der Waals surface area (Å²) in [7, 11) is 0. The van der Waals surface area contributed by atoms with Crippen molar-refractivity contribution in [1.29, 1.82) is 0 Å². The molecule has 0 radical (unpaired) electrons. The van der Waals surface area contributed by atoms with Gasteiger partial charge in [0.25, 0.3) is 0 Å². The molecule has 1 aliphatic rings. The van der Waals surface area contributed by atoms with E-state index in [0.717, 1.165) is 36.7 Å². The molecule has 0 atom stereocenters. The molecule has 1 heterocycles. The molecule has 10 heteroatoms. The minimum Gasteiger partial charge on any atom is -0.325 e. The maximum atomic E-state index is 12.5. The Labute approximate surface area is 138 Å². The summed E-state index contributed by atoms with van der Waals surface area (Å²) in [4.78, 5) is 23.5. The zero-order valence-corrected chi connectivity index (χ0v) is 13.1. The molecule has 1 aliphatic carbocycles. The summed E-state index contributed by atoms with van der Waals surface area (Å²) >= 11 is 1.10. The fourth-order valence-electron chi connectivity index (χ4n) is 2.12. The molecule has 0 unspecified atom stereocenters. The molecule has 2 aromatic rings. The van der Waals surface area contributed by atoms with Gasteiger partial charge < -0.3 is 5.32 Å². The quantitative estimate of drug-likeness (QED) is 0.806. The van der Waals surface area contributed by atoms with E-state index in [-0.39, 0.29) is 23.2 Å². The third-order valence-corrected chi connectivity index (χ3v) is 4.37. The molecular weight excluding hydrogens is 345 g/mol. The van der Waals surface area contributed by atoms with E-state index in [2.05, 4.69) is 15.5 Å². The van der Waals surface area contributed by atoms with Crippen LogP contribution in [-0.4, -0.2) is 26.4 Å². The van der Waals surface area contributed by atoms with Crippen molar-refractivity contribution in [2.24, 2.45) is 0 Å². The number of thioether (sulfide) groups is 1. The second-order valence-corrected chi connectivity index (χ2v) is 6.27. The van der Waals surface area contributed by atoms with Crippen LogP contribution in [0.3, 0.4) is 0 Å². The van der Waals surface area contributed by atoms with E-state index in [1.54, 1.807) is 0 Å². The minimum atomic E-state index is -4.41. The van der Waals surface area contributed by atoms with Crippen LogP contribution in [0.25, 0.3) is 0 Å². The molecule has 0 aliphatic heterocycles. The van der Waals surface area contributed by atoms with Gasteiger partial charge in [0.05, 0.1) is 11.3 Å².